The van der Waals surface area contributed by atoms with Crippen LogP contribution in [0.15, 0.2) is 12.1 Å². The Morgan fingerprint density at radius 3 is 2.44 bits per heavy atom. The highest BCUT2D eigenvalue weighted by Crippen LogP contribution is 2.33. The number of nitrogens with zero attached hydrogens (tertiary/aromatic N) is 2. The molecule has 1 N–H and O–H groups in total. The van der Waals surface area contributed by atoms with Crippen LogP contribution in [0.5, 0.6) is 0 Å². The van der Waals surface area contributed by atoms with E-state index >= 15 is 0 Å². The summed E-state index contributed by atoms with van der Waals surface area (Å²) in [5.74, 6) is -0.774. The van der Waals surface area contributed by atoms with E-state index in [4.69, 9.17) is 5.11 Å². The molecule has 1 heterocycles. The van der Waals surface area contributed by atoms with Crippen LogP contribution in [0, 0.1) is 13.8 Å². The number of fused-ring (bicyclic) bond motifs is 1. The SMILES string of the molecule is Cc1cc2c(cc1C)N(CC(=O)O)CCCN2C. The molecule has 0 radical (unpaired) electrons. The third kappa shape index (κ3) is 2.42. The summed E-state index contributed by atoms with van der Waals surface area (Å²) in [6.07, 6.45) is 0.983. The molecule has 2 rings (SSSR count). The van der Waals surface area contributed by atoms with Crippen molar-refractivity contribution in [3.63, 3.8) is 0 Å². The Morgan fingerprint density at radius 2 is 1.83 bits per heavy atom. The average Bonchev–Trinajstić information content (AvgIpc) is 2.42. The van der Waals surface area contributed by atoms with Crippen LogP contribution >= 0.6 is 0 Å². The smallest absolute Gasteiger partial charge is 0.323 e. The van der Waals surface area contributed by atoms with Gasteiger partial charge in [0.1, 0.15) is 6.54 Å². The number of carboxylic acid groups (broad SMARTS) is 1. The molecule has 1 aliphatic rings. The second-order valence-electron chi connectivity index (χ2n) is 5.02. The topological polar surface area (TPSA) is 43.8 Å². The molecule has 0 fully saturated rings. The van der Waals surface area contributed by atoms with Gasteiger partial charge in [-0.3, -0.25) is 4.79 Å². The molecule has 0 aromatic heterocycles. The van der Waals surface area contributed by atoms with E-state index in [0.29, 0.717) is 0 Å². The summed E-state index contributed by atoms with van der Waals surface area (Å²) >= 11 is 0. The first-order valence-corrected chi connectivity index (χ1v) is 6.28. The summed E-state index contributed by atoms with van der Waals surface area (Å²) in [4.78, 5) is 15.1. The third-order valence-corrected chi connectivity index (χ3v) is 3.59. The van der Waals surface area contributed by atoms with E-state index in [0.717, 1.165) is 30.9 Å². The summed E-state index contributed by atoms with van der Waals surface area (Å²) in [5.41, 5.74) is 4.63. The zero-order valence-electron chi connectivity index (χ0n) is 11.2. The van der Waals surface area contributed by atoms with Crippen LogP contribution in [-0.4, -0.2) is 37.8 Å². The summed E-state index contributed by atoms with van der Waals surface area (Å²) in [6, 6.07) is 4.26. The van der Waals surface area contributed by atoms with E-state index in [1.54, 1.807) is 0 Å². The fraction of sp³-hybridized carbons (Fsp3) is 0.500. The maximum atomic E-state index is 11.0. The standard InChI is InChI=1S/C14H20N2O2/c1-10-7-12-13(8-11(10)2)16(9-14(17)18)6-4-5-15(12)3/h7-8H,4-6,9H2,1-3H3,(H,17,18). The van der Waals surface area contributed by atoms with Gasteiger partial charge in [0.05, 0.1) is 11.4 Å². The van der Waals surface area contributed by atoms with E-state index in [9.17, 15) is 4.79 Å². The number of hydrogen-bond donors (Lipinski definition) is 1. The lowest BCUT2D eigenvalue weighted by molar-refractivity contribution is -0.135. The molecule has 0 saturated carbocycles. The van der Waals surface area contributed by atoms with Crippen molar-refractivity contribution in [3.05, 3.63) is 23.3 Å². The number of aliphatic carboxylic acids is 1. The zero-order valence-corrected chi connectivity index (χ0v) is 11.2. The summed E-state index contributed by atoms with van der Waals surface area (Å²) in [7, 11) is 2.07. The van der Waals surface area contributed by atoms with Crippen molar-refractivity contribution in [2.24, 2.45) is 0 Å². The maximum Gasteiger partial charge on any atom is 0.323 e. The maximum absolute atomic E-state index is 11.0. The first kappa shape index (κ1) is 12.7. The Labute approximate surface area is 108 Å². The molecule has 0 bridgehead atoms. The van der Waals surface area contributed by atoms with Crippen LogP contribution in [0.3, 0.4) is 0 Å². The number of aryl methyl sites for hydroxylation is 2. The molecule has 0 saturated heterocycles. The van der Waals surface area contributed by atoms with Gasteiger partial charge in [-0.1, -0.05) is 0 Å². The summed E-state index contributed by atoms with van der Waals surface area (Å²) in [5, 5.41) is 9.02. The molecule has 1 aromatic carbocycles. The van der Waals surface area contributed by atoms with Crippen molar-refractivity contribution < 1.29 is 9.90 Å². The summed E-state index contributed by atoms with van der Waals surface area (Å²) in [6.45, 7) is 6.00. The highest BCUT2D eigenvalue weighted by Gasteiger charge is 2.20. The van der Waals surface area contributed by atoms with E-state index in [1.807, 2.05) is 4.90 Å². The van der Waals surface area contributed by atoms with Gasteiger partial charge in [0.25, 0.3) is 0 Å². The fourth-order valence-corrected chi connectivity index (χ4v) is 2.41. The minimum Gasteiger partial charge on any atom is -0.480 e. The Kier molecular flexibility index (Phi) is 3.45. The molecule has 0 amide bonds. The lowest BCUT2D eigenvalue weighted by atomic mass is 10.1. The summed E-state index contributed by atoms with van der Waals surface area (Å²) < 4.78 is 0. The molecule has 0 spiro atoms. The minimum atomic E-state index is -0.774. The van der Waals surface area contributed by atoms with Crippen molar-refractivity contribution in [1.29, 1.82) is 0 Å². The predicted molar refractivity (Wildman–Crippen MR) is 73.7 cm³/mol. The Bertz CT molecular complexity index is 471. The number of rotatable bonds is 2. The Balaban J connectivity index is 2.47. The van der Waals surface area contributed by atoms with Gasteiger partial charge in [-0.15, -0.1) is 0 Å². The van der Waals surface area contributed by atoms with Crippen LogP contribution < -0.4 is 9.80 Å². The first-order chi connectivity index (χ1) is 8.49. The lowest BCUT2D eigenvalue weighted by Gasteiger charge is -2.25. The molecule has 0 aliphatic carbocycles. The van der Waals surface area contributed by atoms with Gasteiger partial charge in [0.2, 0.25) is 0 Å². The molecule has 1 aliphatic heterocycles. The van der Waals surface area contributed by atoms with Crippen molar-refractivity contribution >= 4 is 17.3 Å². The first-order valence-electron chi connectivity index (χ1n) is 6.28. The molecular formula is C14H20N2O2. The molecule has 0 unspecified atom stereocenters. The van der Waals surface area contributed by atoms with Crippen molar-refractivity contribution in [2.45, 2.75) is 20.3 Å². The molecule has 0 atom stereocenters. The van der Waals surface area contributed by atoms with Crippen LogP contribution in [0.25, 0.3) is 0 Å². The number of anilines is 2. The van der Waals surface area contributed by atoms with Gasteiger partial charge in [0.15, 0.2) is 0 Å². The van der Waals surface area contributed by atoms with Crippen LogP contribution in [-0.2, 0) is 4.79 Å². The van der Waals surface area contributed by atoms with Crippen molar-refractivity contribution in [3.8, 4) is 0 Å². The van der Waals surface area contributed by atoms with Gasteiger partial charge >= 0.3 is 5.97 Å². The Hall–Kier alpha value is -1.71. The van der Waals surface area contributed by atoms with Crippen LogP contribution in [0.4, 0.5) is 11.4 Å². The van der Waals surface area contributed by atoms with E-state index in [2.05, 4.69) is 37.9 Å². The Morgan fingerprint density at radius 1 is 1.22 bits per heavy atom. The van der Waals surface area contributed by atoms with Crippen LogP contribution in [0.2, 0.25) is 0 Å². The number of carbonyl (C=O) groups is 1. The van der Waals surface area contributed by atoms with E-state index in [-0.39, 0.29) is 6.54 Å². The zero-order chi connectivity index (χ0) is 13.3. The average molecular weight is 248 g/mol. The van der Waals surface area contributed by atoms with Gasteiger partial charge in [-0.25, -0.2) is 0 Å². The van der Waals surface area contributed by atoms with Gasteiger partial charge in [-0.2, -0.15) is 0 Å². The molecule has 4 nitrogen and oxygen atoms in total. The van der Waals surface area contributed by atoms with Gasteiger partial charge < -0.3 is 14.9 Å². The number of carboxylic acids is 1. The monoisotopic (exact) mass is 248 g/mol. The second-order valence-corrected chi connectivity index (χ2v) is 5.02. The lowest BCUT2D eigenvalue weighted by Crippen LogP contribution is -2.30. The highest BCUT2D eigenvalue weighted by atomic mass is 16.4. The third-order valence-electron chi connectivity index (χ3n) is 3.59. The van der Waals surface area contributed by atoms with Gasteiger partial charge in [0, 0.05) is 20.1 Å². The highest BCUT2D eigenvalue weighted by molar-refractivity contribution is 5.80. The molecule has 4 heteroatoms. The molecule has 18 heavy (non-hydrogen) atoms. The second kappa shape index (κ2) is 4.88. The largest absolute Gasteiger partial charge is 0.480 e. The normalized spacial score (nSPS) is 15.3. The minimum absolute atomic E-state index is 0.0728. The molecule has 1 aromatic rings. The predicted octanol–water partition coefficient (Wildman–Crippen LogP) is 2.03. The fourth-order valence-electron chi connectivity index (χ4n) is 2.41. The number of benzene rings is 1. The molecule has 98 valence electrons. The van der Waals surface area contributed by atoms with E-state index < -0.39 is 5.97 Å². The van der Waals surface area contributed by atoms with Gasteiger partial charge in [-0.05, 0) is 43.5 Å². The van der Waals surface area contributed by atoms with E-state index in [1.165, 1.54) is 11.1 Å². The van der Waals surface area contributed by atoms with Crippen molar-refractivity contribution in [1.82, 2.24) is 0 Å². The number of hydrogen-bond acceptors (Lipinski definition) is 3. The van der Waals surface area contributed by atoms with Crippen molar-refractivity contribution in [2.75, 3.05) is 36.5 Å². The molecular weight excluding hydrogens is 228 g/mol. The van der Waals surface area contributed by atoms with Crippen LogP contribution in [0.1, 0.15) is 17.5 Å². The quantitative estimate of drug-likeness (QED) is 0.869.